The molecule has 0 atom stereocenters. The molecule has 0 saturated carbocycles. The Balaban J connectivity index is 2.11. The monoisotopic (exact) mass is 263 g/mol. The number of carbonyl (C=O) groups excluding carboxylic acids is 1. The Hall–Kier alpha value is -2.51. The van der Waals surface area contributed by atoms with Gasteiger partial charge in [0.15, 0.2) is 11.5 Å². The molecule has 2 rings (SSSR count). The van der Waals surface area contributed by atoms with Gasteiger partial charge in [0.05, 0.1) is 6.20 Å². The van der Waals surface area contributed by atoms with Crippen LogP contribution in [0.4, 0.5) is 16.4 Å². The number of nitrogens with zero attached hydrogens (tertiary/aromatic N) is 3. The van der Waals surface area contributed by atoms with Crippen molar-refractivity contribution in [2.75, 3.05) is 30.3 Å². The zero-order valence-corrected chi connectivity index (χ0v) is 10.7. The van der Waals surface area contributed by atoms with Crippen molar-refractivity contribution in [2.45, 2.75) is 6.92 Å². The number of fused-ring (bicyclic) bond motifs is 1. The lowest BCUT2D eigenvalue weighted by Crippen LogP contribution is -2.33. The Morgan fingerprint density at radius 3 is 3.00 bits per heavy atom. The molecule has 0 aliphatic carbocycles. The molecule has 8 heteroatoms. The van der Waals surface area contributed by atoms with E-state index in [9.17, 15) is 4.79 Å². The minimum atomic E-state index is -0.540. The van der Waals surface area contributed by atoms with Crippen LogP contribution in [0, 0.1) is 0 Å². The summed E-state index contributed by atoms with van der Waals surface area (Å²) in [5.41, 5.74) is 5.73. The van der Waals surface area contributed by atoms with E-state index in [0.717, 1.165) is 18.0 Å². The van der Waals surface area contributed by atoms with Crippen molar-refractivity contribution in [3.8, 4) is 0 Å². The molecule has 2 aromatic rings. The SMILES string of the molecule is CCNc1cn2ccnc2c(NCCNC(N)=O)n1. The third-order valence-electron chi connectivity index (χ3n) is 2.45. The Bertz CT molecular complexity index is 565. The van der Waals surface area contributed by atoms with Crippen LogP contribution in [-0.2, 0) is 0 Å². The molecule has 0 aliphatic rings. The number of nitrogens with two attached hydrogens (primary N) is 1. The second kappa shape index (κ2) is 5.89. The number of hydrogen-bond donors (Lipinski definition) is 4. The van der Waals surface area contributed by atoms with Crippen LogP contribution < -0.4 is 21.7 Å². The third-order valence-corrected chi connectivity index (χ3v) is 2.45. The standard InChI is InChI=1S/C11H17N7O/c1-2-13-8-7-18-6-5-15-10(18)9(17-8)14-3-4-16-11(12)19/h5-7,13H,2-4H2,1H3,(H,14,17)(H3,12,16,19). The van der Waals surface area contributed by atoms with Crippen molar-refractivity contribution in [1.29, 1.82) is 0 Å². The van der Waals surface area contributed by atoms with Gasteiger partial charge >= 0.3 is 6.03 Å². The smallest absolute Gasteiger partial charge is 0.312 e. The van der Waals surface area contributed by atoms with Crippen LogP contribution in [0.5, 0.6) is 0 Å². The van der Waals surface area contributed by atoms with Crippen LogP contribution in [0.3, 0.4) is 0 Å². The van der Waals surface area contributed by atoms with Gasteiger partial charge in [-0.3, -0.25) is 0 Å². The Labute approximate surface area is 110 Å². The number of imidazole rings is 1. The molecule has 0 aliphatic heterocycles. The largest absolute Gasteiger partial charge is 0.369 e. The van der Waals surface area contributed by atoms with Gasteiger partial charge in [-0.25, -0.2) is 14.8 Å². The number of aromatic nitrogens is 3. The van der Waals surface area contributed by atoms with Crippen LogP contribution in [0.1, 0.15) is 6.92 Å². The number of anilines is 2. The van der Waals surface area contributed by atoms with Crippen molar-refractivity contribution >= 4 is 23.3 Å². The average molecular weight is 263 g/mol. The second-order valence-corrected chi connectivity index (χ2v) is 3.88. The highest BCUT2D eigenvalue weighted by molar-refractivity contribution is 5.71. The maximum atomic E-state index is 10.6. The van der Waals surface area contributed by atoms with E-state index in [4.69, 9.17) is 5.73 Å². The van der Waals surface area contributed by atoms with Crippen LogP contribution in [0.15, 0.2) is 18.6 Å². The summed E-state index contributed by atoms with van der Waals surface area (Å²) >= 11 is 0. The summed E-state index contributed by atoms with van der Waals surface area (Å²) in [4.78, 5) is 19.2. The first-order valence-electron chi connectivity index (χ1n) is 6.05. The van der Waals surface area contributed by atoms with Gasteiger partial charge in [0.25, 0.3) is 0 Å². The van der Waals surface area contributed by atoms with E-state index in [1.165, 1.54) is 0 Å². The molecule has 19 heavy (non-hydrogen) atoms. The summed E-state index contributed by atoms with van der Waals surface area (Å²) in [5, 5.41) is 8.78. The van der Waals surface area contributed by atoms with Gasteiger partial charge in [-0.15, -0.1) is 0 Å². The molecule has 0 spiro atoms. The fourth-order valence-electron chi connectivity index (χ4n) is 1.68. The Morgan fingerprint density at radius 2 is 2.26 bits per heavy atom. The van der Waals surface area contributed by atoms with Gasteiger partial charge in [-0.2, -0.15) is 0 Å². The molecule has 0 bridgehead atoms. The normalized spacial score (nSPS) is 10.4. The van der Waals surface area contributed by atoms with Gasteiger partial charge in [0.1, 0.15) is 5.82 Å². The molecule has 5 N–H and O–H groups in total. The molecule has 2 amide bonds. The maximum Gasteiger partial charge on any atom is 0.312 e. The van der Waals surface area contributed by atoms with Crippen molar-refractivity contribution in [3.63, 3.8) is 0 Å². The van der Waals surface area contributed by atoms with Gasteiger partial charge in [0, 0.05) is 32.0 Å². The van der Waals surface area contributed by atoms with Crippen molar-refractivity contribution < 1.29 is 4.79 Å². The molecule has 102 valence electrons. The fourth-order valence-corrected chi connectivity index (χ4v) is 1.68. The molecule has 0 fully saturated rings. The first-order valence-corrected chi connectivity index (χ1v) is 6.05. The second-order valence-electron chi connectivity index (χ2n) is 3.88. The number of primary amides is 1. The summed E-state index contributed by atoms with van der Waals surface area (Å²) in [6.45, 7) is 3.74. The van der Waals surface area contributed by atoms with E-state index in [1.54, 1.807) is 6.20 Å². The third kappa shape index (κ3) is 3.24. The van der Waals surface area contributed by atoms with Crippen LogP contribution >= 0.6 is 0 Å². The lowest BCUT2D eigenvalue weighted by atomic mass is 10.5. The molecule has 0 aromatic carbocycles. The maximum absolute atomic E-state index is 10.6. The lowest BCUT2D eigenvalue weighted by molar-refractivity contribution is 0.249. The van der Waals surface area contributed by atoms with E-state index in [0.29, 0.717) is 18.9 Å². The topological polar surface area (TPSA) is 109 Å². The van der Waals surface area contributed by atoms with E-state index in [-0.39, 0.29) is 0 Å². The van der Waals surface area contributed by atoms with Gasteiger partial charge in [0.2, 0.25) is 0 Å². The highest BCUT2D eigenvalue weighted by Crippen LogP contribution is 2.15. The highest BCUT2D eigenvalue weighted by atomic mass is 16.2. The zero-order valence-electron chi connectivity index (χ0n) is 10.7. The number of urea groups is 1. The molecule has 0 unspecified atom stereocenters. The molecule has 2 heterocycles. The van der Waals surface area contributed by atoms with Gasteiger partial charge < -0.3 is 26.1 Å². The van der Waals surface area contributed by atoms with Crippen molar-refractivity contribution in [3.05, 3.63) is 18.6 Å². The number of hydrogen-bond acceptors (Lipinski definition) is 5. The molecule has 2 aromatic heterocycles. The van der Waals surface area contributed by atoms with E-state index in [1.807, 2.05) is 23.7 Å². The first-order chi connectivity index (χ1) is 9.20. The Kier molecular flexibility index (Phi) is 4.01. The highest BCUT2D eigenvalue weighted by Gasteiger charge is 2.06. The summed E-state index contributed by atoms with van der Waals surface area (Å²) in [6, 6.07) is -0.540. The average Bonchev–Trinajstić information content (AvgIpc) is 2.83. The van der Waals surface area contributed by atoms with E-state index in [2.05, 4.69) is 25.9 Å². The van der Waals surface area contributed by atoms with Crippen LogP contribution in [-0.4, -0.2) is 40.0 Å². The summed E-state index contributed by atoms with van der Waals surface area (Å²) in [5.74, 6) is 1.42. The summed E-state index contributed by atoms with van der Waals surface area (Å²) in [6.07, 6.45) is 5.43. The van der Waals surface area contributed by atoms with E-state index >= 15 is 0 Å². The number of carbonyl (C=O) groups is 1. The number of nitrogens with one attached hydrogen (secondary N) is 3. The summed E-state index contributed by atoms with van der Waals surface area (Å²) in [7, 11) is 0. The molecule has 8 nitrogen and oxygen atoms in total. The molecular weight excluding hydrogens is 246 g/mol. The molecule has 0 saturated heterocycles. The van der Waals surface area contributed by atoms with Crippen molar-refractivity contribution in [2.24, 2.45) is 5.73 Å². The number of amides is 2. The minimum Gasteiger partial charge on any atom is -0.369 e. The summed E-state index contributed by atoms with van der Waals surface area (Å²) < 4.78 is 1.88. The zero-order chi connectivity index (χ0) is 13.7. The first kappa shape index (κ1) is 12.9. The fraction of sp³-hybridized carbons (Fsp3) is 0.364. The quantitative estimate of drug-likeness (QED) is 0.558. The van der Waals surface area contributed by atoms with Crippen LogP contribution in [0.2, 0.25) is 0 Å². The predicted molar refractivity (Wildman–Crippen MR) is 73.2 cm³/mol. The predicted octanol–water partition coefficient (Wildman–Crippen LogP) is 0.241. The number of rotatable bonds is 6. The lowest BCUT2D eigenvalue weighted by Gasteiger charge is -2.10. The molecular formula is C11H17N7O. The molecule has 0 radical (unpaired) electrons. The Morgan fingerprint density at radius 1 is 1.42 bits per heavy atom. The minimum absolute atomic E-state index is 0.426. The van der Waals surface area contributed by atoms with Gasteiger partial charge in [-0.05, 0) is 6.92 Å². The van der Waals surface area contributed by atoms with E-state index < -0.39 is 6.03 Å². The van der Waals surface area contributed by atoms with Crippen molar-refractivity contribution in [1.82, 2.24) is 19.7 Å². The van der Waals surface area contributed by atoms with Gasteiger partial charge in [-0.1, -0.05) is 0 Å². The van der Waals surface area contributed by atoms with Crippen LogP contribution in [0.25, 0.3) is 5.65 Å².